The number of rotatable bonds is 2. The Morgan fingerprint density at radius 2 is 2.40 bits per heavy atom. The molecule has 0 aromatic heterocycles. The van der Waals surface area contributed by atoms with Crippen molar-refractivity contribution in [3.05, 3.63) is 0 Å². The van der Waals surface area contributed by atoms with Crippen molar-refractivity contribution in [3.63, 3.8) is 0 Å². The van der Waals surface area contributed by atoms with Gasteiger partial charge < -0.3 is 0 Å². The second kappa shape index (κ2) is 4.95. The van der Waals surface area contributed by atoms with E-state index >= 15 is 0 Å². The highest BCUT2D eigenvalue weighted by molar-refractivity contribution is 14.1. The van der Waals surface area contributed by atoms with Crippen LogP contribution in [0.4, 0.5) is 0 Å². The average Bonchev–Trinajstić information content (AvgIpc) is 1.41. The lowest BCUT2D eigenvalue weighted by Gasteiger charge is -1.76. The van der Waals surface area contributed by atoms with Crippen LogP contribution in [0.1, 0.15) is 0 Å². The summed E-state index contributed by atoms with van der Waals surface area (Å²) >= 11 is 2.42. The molecule has 0 unspecified atom stereocenters. The standard InChI is InChI=1S/C3H9ISi/c1-5-3-2-4/h2-3,5H2,1H3. The monoisotopic (exact) mass is 200 g/mol. The molecular weight excluding hydrogens is 191 g/mol. The summed E-state index contributed by atoms with van der Waals surface area (Å²) in [6, 6.07) is 1.51. The van der Waals surface area contributed by atoms with E-state index in [1.165, 1.54) is 10.5 Å². The van der Waals surface area contributed by atoms with Crippen molar-refractivity contribution < 1.29 is 0 Å². The minimum absolute atomic E-state index is 0.406. The molecule has 0 rings (SSSR count). The fraction of sp³-hybridized carbons (Fsp3) is 1.00. The predicted octanol–water partition coefficient (Wildman–Crippen LogP) is 1.06. The molecule has 0 radical (unpaired) electrons. The largest absolute Gasteiger partial charge is 0.0867 e. The van der Waals surface area contributed by atoms with E-state index in [0.29, 0.717) is 9.52 Å². The lowest BCUT2D eigenvalue weighted by atomic mass is 11.0. The van der Waals surface area contributed by atoms with Gasteiger partial charge in [0, 0.05) is 9.52 Å². The maximum Gasteiger partial charge on any atom is 0.0175 e. The molecule has 0 saturated carbocycles. The van der Waals surface area contributed by atoms with Gasteiger partial charge in [0.15, 0.2) is 0 Å². The number of hydrogen-bond donors (Lipinski definition) is 0. The average molecular weight is 200 g/mol. The molecule has 0 aliphatic heterocycles. The van der Waals surface area contributed by atoms with Gasteiger partial charge >= 0.3 is 0 Å². The highest BCUT2D eigenvalue weighted by Gasteiger charge is 1.71. The van der Waals surface area contributed by atoms with E-state index in [2.05, 4.69) is 29.1 Å². The normalized spacial score (nSPS) is 10.8. The Morgan fingerprint density at radius 3 is 2.40 bits per heavy atom. The molecule has 0 nitrogen and oxygen atoms in total. The quantitative estimate of drug-likeness (QED) is 0.355. The molecule has 0 aromatic carbocycles. The van der Waals surface area contributed by atoms with Crippen molar-refractivity contribution in [1.29, 1.82) is 0 Å². The highest BCUT2D eigenvalue weighted by atomic mass is 127. The maximum atomic E-state index is 2.42. The summed E-state index contributed by atoms with van der Waals surface area (Å²) in [5, 5.41) is 0. The van der Waals surface area contributed by atoms with Gasteiger partial charge in [0.25, 0.3) is 0 Å². The van der Waals surface area contributed by atoms with E-state index in [-0.39, 0.29) is 0 Å². The molecule has 0 saturated heterocycles. The van der Waals surface area contributed by atoms with Crippen molar-refractivity contribution in [2.45, 2.75) is 12.6 Å². The molecule has 0 spiro atoms. The van der Waals surface area contributed by atoms with E-state index in [4.69, 9.17) is 0 Å². The molecule has 0 N–H and O–H groups in total. The molecule has 0 heterocycles. The summed E-state index contributed by atoms with van der Waals surface area (Å²) in [7, 11) is 0.406. The zero-order chi connectivity index (χ0) is 4.12. The fourth-order valence-corrected chi connectivity index (χ4v) is 2.69. The minimum atomic E-state index is 0.406. The van der Waals surface area contributed by atoms with Gasteiger partial charge in [0.2, 0.25) is 0 Å². The first kappa shape index (κ1) is 5.95. The third kappa shape index (κ3) is 4.95. The van der Waals surface area contributed by atoms with Crippen LogP contribution in [-0.4, -0.2) is 13.9 Å². The van der Waals surface area contributed by atoms with Gasteiger partial charge in [-0.25, -0.2) is 0 Å². The molecule has 0 aliphatic rings. The van der Waals surface area contributed by atoms with Crippen LogP contribution in [0.25, 0.3) is 0 Å². The van der Waals surface area contributed by atoms with Crippen molar-refractivity contribution >= 4 is 32.1 Å². The van der Waals surface area contributed by atoms with E-state index in [1.807, 2.05) is 0 Å². The molecule has 0 aliphatic carbocycles. The van der Waals surface area contributed by atoms with Gasteiger partial charge in [-0.05, 0) is 4.43 Å². The summed E-state index contributed by atoms with van der Waals surface area (Å²) in [4.78, 5) is 0. The third-order valence-electron chi connectivity index (χ3n) is 0.487. The third-order valence-corrected chi connectivity index (χ3v) is 3.75. The van der Waals surface area contributed by atoms with E-state index in [0.717, 1.165) is 0 Å². The van der Waals surface area contributed by atoms with Crippen molar-refractivity contribution in [2.24, 2.45) is 0 Å². The Balaban J connectivity index is 2.19. The SMILES string of the molecule is C[SiH2]CCI. The molecule has 0 aromatic rings. The molecule has 0 bridgehead atoms. The Hall–Kier alpha value is 0.947. The number of hydrogen-bond acceptors (Lipinski definition) is 0. The molecule has 2 heteroatoms. The fourth-order valence-electron chi connectivity index (χ4n) is 0.134. The number of alkyl halides is 1. The smallest absolute Gasteiger partial charge is 0.0175 e. The Morgan fingerprint density at radius 1 is 1.80 bits per heavy atom. The van der Waals surface area contributed by atoms with E-state index in [1.54, 1.807) is 0 Å². The van der Waals surface area contributed by atoms with Crippen LogP contribution in [0.2, 0.25) is 12.6 Å². The topological polar surface area (TPSA) is 0 Å². The van der Waals surface area contributed by atoms with Crippen LogP contribution >= 0.6 is 22.6 Å². The first-order valence-corrected chi connectivity index (χ1v) is 5.91. The minimum Gasteiger partial charge on any atom is -0.0867 e. The molecule has 0 fully saturated rings. The summed E-state index contributed by atoms with van der Waals surface area (Å²) in [6.45, 7) is 2.35. The molecule has 5 heavy (non-hydrogen) atoms. The van der Waals surface area contributed by atoms with Crippen molar-refractivity contribution in [3.8, 4) is 0 Å². The number of halogens is 1. The summed E-state index contributed by atoms with van der Waals surface area (Å²) < 4.78 is 1.38. The van der Waals surface area contributed by atoms with Crippen LogP contribution in [-0.2, 0) is 0 Å². The Labute approximate surface area is 49.3 Å². The molecule has 0 amide bonds. The van der Waals surface area contributed by atoms with Crippen LogP contribution < -0.4 is 0 Å². The molecule has 32 valence electrons. The lowest BCUT2D eigenvalue weighted by molar-refractivity contribution is 1.53. The van der Waals surface area contributed by atoms with Crippen LogP contribution in [0.3, 0.4) is 0 Å². The van der Waals surface area contributed by atoms with Gasteiger partial charge in [-0.3, -0.25) is 0 Å². The van der Waals surface area contributed by atoms with Crippen LogP contribution in [0.5, 0.6) is 0 Å². The maximum absolute atomic E-state index is 2.42. The van der Waals surface area contributed by atoms with Gasteiger partial charge in [0.05, 0.1) is 0 Å². The van der Waals surface area contributed by atoms with E-state index in [9.17, 15) is 0 Å². The Kier molecular flexibility index (Phi) is 5.88. The first-order chi connectivity index (χ1) is 2.41. The zero-order valence-electron chi connectivity index (χ0n) is 3.50. The van der Waals surface area contributed by atoms with Crippen LogP contribution in [0, 0.1) is 0 Å². The highest BCUT2D eigenvalue weighted by Crippen LogP contribution is 1.84. The van der Waals surface area contributed by atoms with Crippen LogP contribution in [0.15, 0.2) is 0 Å². The second-order valence-electron chi connectivity index (χ2n) is 1.04. The van der Waals surface area contributed by atoms with Gasteiger partial charge in [-0.15, -0.1) is 0 Å². The van der Waals surface area contributed by atoms with Gasteiger partial charge in [0.1, 0.15) is 0 Å². The second-order valence-corrected chi connectivity index (χ2v) is 3.83. The predicted molar refractivity (Wildman–Crippen MR) is 38.1 cm³/mol. The zero-order valence-corrected chi connectivity index (χ0v) is 7.07. The summed E-state index contributed by atoms with van der Waals surface area (Å²) in [6.07, 6.45) is 0. The molecular formula is C3H9ISi. The summed E-state index contributed by atoms with van der Waals surface area (Å²) in [5.41, 5.74) is 0. The Bertz CT molecular complexity index is 14.4. The van der Waals surface area contributed by atoms with Crippen molar-refractivity contribution in [1.82, 2.24) is 0 Å². The van der Waals surface area contributed by atoms with E-state index < -0.39 is 0 Å². The molecule has 0 atom stereocenters. The van der Waals surface area contributed by atoms with Gasteiger partial charge in [-0.2, -0.15) is 0 Å². The first-order valence-electron chi connectivity index (χ1n) is 1.97. The summed E-state index contributed by atoms with van der Waals surface area (Å²) in [5.74, 6) is 0. The van der Waals surface area contributed by atoms with Gasteiger partial charge in [-0.1, -0.05) is 35.2 Å². The van der Waals surface area contributed by atoms with Crippen molar-refractivity contribution in [2.75, 3.05) is 4.43 Å². The lowest BCUT2D eigenvalue weighted by Crippen LogP contribution is -1.76.